The van der Waals surface area contributed by atoms with E-state index in [0.717, 1.165) is 29.7 Å². The van der Waals surface area contributed by atoms with Crippen LogP contribution in [0.4, 0.5) is 8.78 Å². The molecule has 0 aliphatic heterocycles. The van der Waals surface area contributed by atoms with Crippen LogP contribution in [0.1, 0.15) is 52.1 Å². The van der Waals surface area contributed by atoms with Gasteiger partial charge in [0.05, 0.1) is 11.7 Å². The summed E-state index contributed by atoms with van der Waals surface area (Å²) in [5.74, 6) is -0.743. The minimum absolute atomic E-state index is 0.112. The van der Waals surface area contributed by atoms with E-state index in [0.29, 0.717) is 11.3 Å². The molecule has 4 rings (SSSR count). The predicted molar refractivity (Wildman–Crippen MR) is 91.2 cm³/mol. The molecule has 1 N–H and O–H groups in total. The number of aromatic nitrogens is 4. The number of fused-ring (bicyclic) bond motifs is 1. The van der Waals surface area contributed by atoms with Crippen LogP contribution < -0.4 is 5.32 Å². The number of carbonyl (C=O) groups excluding carboxylic acids is 1. The zero-order valence-electron chi connectivity index (χ0n) is 14.7. The fourth-order valence-corrected chi connectivity index (χ4v) is 3.40. The number of hydrogen-bond donors (Lipinski definition) is 1. The Morgan fingerprint density at radius 1 is 1.37 bits per heavy atom. The molecule has 1 aliphatic rings. The van der Waals surface area contributed by atoms with Gasteiger partial charge >= 0.3 is 6.43 Å². The molecule has 3 aromatic rings. The van der Waals surface area contributed by atoms with Crippen molar-refractivity contribution >= 4 is 5.91 Å². The Bertz CT molecular complexity index is 1010. The number of aryl methyl sites for hydroxylation is 3. The third-order valence-electron chi connectivity index (χ3n) is 4.65. The van der Waals surface area contributed by atoms with E-state index in [2.05, 4.69) is 25.1 Å². The second-order valence-electron chi connectivity index (χ2n) is 6.53. The van der Waals surface area contributed by atoms with Gasteiger partial charge in [0, 0.05) is 12.6 Å². The highest BCUT2D eigenvalue weighted by atomic mass is 19.3. The summed E-state index contributed by atoms with van der Waals surface area (Å²) in [5.41, 5.74) is 3.93. The molecule has 0 radical (unpaired) electrons. The van der Waals surface area contributed by atoms with Crippen LogP contribution in [0.25, 0.3) is 11.4 Å². The number of rotatable bonds is 4. The number of nitrogens with one attached hydrogen (secondary N) is 1. The Kier molecular flexibility index (Phi) is 4.21. The van der Waals surface area contributed by atoms with E-state index < -0.39 is 12.3 Å². The highest BCUT2D eigenvalue weighted by Gasteiger charge is 2.26. The zero-order valence-corrected chi connectivity index (χ0v) is 14.7. The molecular formula is C18H17F2N5O2. The van der Waals surface area contributed by atoms with Crippen molar-refractivity contribution in [3.05, 3.63) is 52.7 Å². The predicted octanol–water partition coefficient (Wildman–Crippen LogP) is 3.13. The minimum Gasteiger partial charge on any atom is -0.344 e. The van der Waals surface area contributed by atoms with Crippen molar-refractivity contribution in [2.75, 3.05) is 0 Å². The Morgan fingerprint density at radius 2 is 2.19 bits per heavy atom. The molecule has 1 aliphatic carbocycles. The Balaban J connectivity index is 1.54. The third-order valence-corrected chi connectivity index (χ3v) is 4.65. The topological polar surface area (TPSA) is 85.8 Å². The van der Waals surface area contributed by atoms with E-state index in [-0.39, 0.29) is 17.8 Å². The van der Waals surface area contributed by atoms with Gasteiger partial charge in [-0.15, -0.1) is 0 Å². The average Bonchev–Trinajstić information content (AvgIpc) is 3.33. The highest BCUT2D eigenvalue weighted by molar-refractivity contribution is 5.93. The molecule has 9 heteroatoms. The summed E-state index contributed by atoms with van der Waals surface area (Å²) in [7, 11) is 1.73. The van der Waals surface area contributed by atoms with Crippen LogP contribution in [0, 0.1) is 6.92 Å². The standard InChI is InChI=1S/C18H17F2N5O2/c1-9-7-14(25(2)23-9)17(26)21-13-6-4-10-8-11(3-5-12(10)13)16-22-18(15(19)20)27-24-16/h3,5,7-8,13,15H,4,6H2,1-2H3,(H,21,26)/t13-/m1/s1. The second-order valence-corrected chi connectivity index (χ2v) is 6.53. The van der Waals surface area contributed by atoms with E-state index in [1.807, 2.05) is 19.1 Å². The summed E-state index contributed by atoms with van der Waals surface area (Å²) < 4.78 is 31.3. The first-order valence-electron chi connectivity index (χ1n) is 8.49. The summed E-state index contributed by atoms with van der Waals surface area (Å²) >= 11 is 0. The molecule has 27 heavy (non-hydrogen) atoms. The lowest BCUT2D eigenvalue weighted by molar-refractivity contribution is 0.0927. The van der Waals surface area contributed by atoms with Crippen molar-refractivity contribution in [3.8, 4) is 11.4 Å². The normalized spacial score (nSPS) is 16.0. The molecule has 0 saturated heterocycles. The number of halogens is 2. The zero-order chi connectivity index (χ0) is 19.1. The van der Waals surface area contributed by atoms with Crippen molar-refractivity contribution in [1.29, 1.82) is 0 Å². The lowest BCUT2D eigenvalue weighted by atomic mass is 10.0. The molecule has 0 saturated carbocycles. The Morgan fingerprint density at radius 3 is 2.85 bits per heavy atom. The molecule has 0 bridgehead atoms. The molecular weight excluding hydrogens is 356 g/mol. The van der Waals surface area contributed by atoms with Crippen LogP contribution in [-0.4, -0.2) is 25.8 Å². The number of hydrogen-bond acceptors (Lipinski definition) is 5. The van der Waals surface area contributed by atoms with Crippen LogP contribution in [0.2, 0.25) is 0 Å². The fourth-order valence-electron chi connectivity index (χ4n) is 3.40. The largest absolute Gasteiger partial charge is 0.344 e. The van der Waals surface area contributed by atoms with Crippen LogP contribution in [-0.2, 0) is 13.5 Å². The first-order chi connectivity index (χ1) is 12.9. The summed E-state index contributed by atoms with van der Waals surface area (Å²) in [6, 6.07) is 7.10. The van der Waals surface area contributed by atoms with Gasteiger partial charge in [-0.25, -0.2) is 0 Å². The smallest absolute Gasteiger partial charge is 0.315 e. The van der Waals surface area contributed by atoms with E-state index in [9.17, 15) is 13.6 Å². The number of benzene rings is 1. The summed E-state index contributed by atoms with van der Waals surface area (Å²) in [6.45, 7) is 1.83. The lowest BCUT2D eigenvalue weighted by Gasteiger charge is -2.14. The van der Waals surface area contributed by atoms with Crippen LogP contribution in [0.5, 0.6) is 0 Å². The van der Waals surface area contributed by atoms with Gasteiger partial charge in [0.15, 0.2) is 0 Å². The molecule has 1 amide bonds. The van der Waals surface area contributed by atoms with E-state index >= 15 is 0 Å². The Hall–Kier alpha value is -3.10. The molecule has 140 valence electrons. The van der Waals surface area contributed by atoms with Crippen molar-refractivity contribution < 1.29 is 18.1 Å². The molecule has 2 aromatic heterocycles. The first kappa shape index (κ1) is 17.3. The van der Waals surface area contributed by atoms with Crippen molar-refractivity contribution in [2.45, 2.75) is 32.2 Å². The van der Waals surface area contributed by atoms with Gasteiger partial charge in [0.2, 0.25) is 5.82 Å². The SMILES string of the molecule is Cc1cc(C(=O)N[C@@H]2CCc3cc(-c4noc(C(F)F)n4)ccc32)n(C)n1. The highest BCUT2D eigenvalue weighted by Crippen LogP contribution is 2.34. The Labute approximate surface area is 153 Å². The van der Waals surface area contributed by atoms with Crippen molar-refractivity contribution in [2.24, 2.45) is 7.05 Å². The second kappa shape index (κ2) is 6.57. The summed E-state index contributed by atoms with van der Waals surface area (Å²) in [5, 5.41) is 10.8. The minimum atomic E-state index is -2.80. The summed E-state index contributed by atoms with van der Waals surface area (Å²) in [6.07, 6.45) is -1.27. The maximum Gasteiger partial charge on any atom is 0.315 e. The van der Waals surface area contributed by atoms with Crippen LogP contribution >= 0.6 is 0 Å². The average molecular weight is 373 g/mol. The first-order valence-corrected chi connectivity index (χ1v) is 8.49. The third kappa shape index (κ3) is 3.20. The number of amides is 1. The molecule has 7 nitrogen and oxygen atoms in total. The maximum atomic E-state index is 12.6. The van der Waals surface area contributed by atoms with E-state index in [4.69, 9.17) is 0 Å². The number of carbonyl (C=O) groups is 1. The molecule has 0 unspecified atom stereocenters. The molecule has 2 heterocycles. The van der Waals surface area contributed by atoms with Gasteiger partial charge in [-0.3, -0.25) is 9.48 Å². The van der Waals surface area contributed by atoms with Crippen LogP contribution in [0.15, 0.2) is 28.8 Å². The quantitative estimate of drug-likeness (QED) is 0.759. The maximum absolute atomic E-state index is 12.6. The monoisotopic (exact) mass is 373 g/mol. The van der Waals surface area contributed by atoms with Gasteiger partial charge in [-0.2, -0.15) is 18.9 Å². The molecule has 1 atom stereocenters. The molecule has 0 spiro atoms. The van der Waals surface area contributed by atoms with E-state index in [1.54, 1.807) is 23.9 Å². The fraction of sp³-hybridized carbons (Fsp3) is 0.333. The molecule has 1 aromatic carbocycles. The van der Waals surface area contributed by atoms with Crippen molar-refractivity contribution in [1.82, 2.24) is 25.2 Å². The van der Waals surface area contributed by atoms with Gasteiger partial charge in [-0.1, -0.05) is 17.3 Å². The van der Waals surface area contributed by atoms with Gasteiger partial charge in [0.1, 0.15) is 5.69 Å². The van der Waals surface area contributed by atoms with Gasteiger partial charge in [0.25, 0.3) is 11.8 Å². The molecule has 0 fully saturated rings. The number of alkyl halides is 2. The number of nitrogens with zero attached hydrogens (tertiary/aromatic N) is 4. The van der Waals surface area contributed by atoms with Crippen molar-refractivity contribution in [3.63, 3.8) is 0 Å². The summed E-state index contributed by atoms with van der Waals surface area (Å²) in [4.78, 5) is 16.2. The van der Waals surface area contributed by atoms with E-state index in [1.165, 1.54) is 0 Å². The van der Waals surface area contributed by atoms with Gasteiger partial charge in [-0.05, 0) is 43.0 Å². The van der Waals surface area contributed by atoms with Crippen LogP contribution in [0.3, 0.4) is 0 Å². The van der Waals surface area contributed by atoms with Gasteiger partial charge < -0.3 is 9.84 Å². The lowest BCUT2D eigenvalue weighted by Crippen LogP contribution is -2.28.